The predicted molar refractivity (Wildman–Crippen MR) is 72.2 cm³/mol. The van der Waals surface area contributed by atoms with Crippen LogP contribution in [-0.2, 0) is 16.1 Å². The average molecular weight is 251 g/mol. The minimum atomic E-state index is 0.126. The number of nitrogens with two attached hydrogens (primary N) is 2. The van der Waals surface area contributed by atoms with Crippen molar-refractivity contribution in [2.24, 2.45) is 16.5 Å². The van der Waals surface area contributed by atoms with Crippen LogP contribution in [0.1, 0.15) is 12.0 Å². The van der Waals surface area contributed by atoms with Crippen molar-refractivity contribution in [3.05, 3.63) is 35.9 Å². The molecule has 18 heavy (non-hydrogen) atoms. The van der Waals surface area contributed by atoms with Crippen LogP contribution in [0, 0.1) is 0 Å². The minimum absolute atomic E-state index is 0.126. The van der Waals surface area contributed by atoms with E-state index in [0.29, 0.717) is 33.0 Å². The summed E-state index contributed by atoms with van der Waals surface area (Å²) in [5.74, 6) is 0.126. The van der Waals surface area contributed by atoms with Gasteiger partial charge in [0.05, 0.1) is 19.8 Å². The highest BCUT2D eigenvalue weighted by molar-refractivity contribution is 5.75. The number of hydrogen-bond acceptors (Lipinski definition) is 3. The molecule has 0 unspecified atom stereocenters. The van der Waals surface area contributed by atoms with Crippen molar-refractivity contribution < 1.29 is 9.47 Å². The van der Waals surface area contributed by atoms with E-state index >= 15 is 0 Å². The molecule has 1 aromatic carbocycles. The lowest BCUT2D eigenvalue weighted by Gasteiger charge is -2.05. The van der Waals surface area contributed by atoms with Gasteiger partial charge in [0.1, 0.15) is 0 Å². The maximum atomic E-state index is 5.47. The molecule has 1 aromatic rings. The summed E-state index contributed by atoms with van der Waals surface area (Å²) in [7, 11) is 0. The molecule has 0 saturated heterocycles. The van der Waals surface area contributed by atoms with Crippen LogP contribution in [0.4, 0.5) is 0 Å². The lowest BCUT2D eigenvalue weighted by Crippen LogP contribution is -2.23. The standard InChI is InChI=1S/C13H21N3O2/c14-13(15)16-7-4-8-17-9-10-18-11-12-5-2-1-3-6-12/h1-3,5-6H,4,7-11H2,(H4,14,15,16). The molecular formula is C13H21N3O2. The van der Waals surface area contributed by atoms with Crippen molar-refractivity contribution in [3.63, 3.8) is 0 Å². The summed E-state index contributed by atoms with van der Waals surface area (Å²) in [6.07, 6.45) is 0.816. The van der Waals surface area contributed by atoms with E-state index in [1.807, 2.05) is 30.3 Å². The zero-order valence-electron chi connectivity index (χ0n) is 10.5. The zero-order valence-corrected chi connectivity index (χ0v) is 10.5. The topological polar surface area (TPSA) is 82.9 Å². The monoisotopic (exact) mass is 251 g/mol. The molecule has 0 fully saturated rings. The lowest BCUT2D eigenvalue weighted by atomic mass is 10.2. The third-order valence-electron chi connectivity index (χ3n) is 2.22. The van der Waals surface area contributed by atoms with Gasteiger partial charge in [-0.15, -0.1) is 0 Å². The minimum Gasteiger partial charge on any atom is -0.379 e. The molecule has 0 aliphatic heterocycles. The van der Waals surface area contributed by atoms with Crippen LogP contribution in [0.3, 0.4) is 0 Å². The second kappa shape index (κ2) is 9.44. The highest BCUT2D eigenvalue weighted by Crippen LogP contribution is 1.99. The molecule has 5 heteroatoms. The third kappa shape index (κ3) is 7.65. The number of ether oxygens (including phenoxy) is 2. The Morgan fingerprint density at radius 1 is 1.00 bits per heavy atom. The van der Waals surface area contributed by atoms with Gasteiger partial charge in [-0.2, -0.15) is 0 Å². The molecule has 0 saturated carbocycles. The van der Waals surface area contributed by atoms with Crippen LogP contribution >= 0.6 is 0 Å². The van der Waals surface area contributed by atoms with Crippen LogP contribution in [0.25, 0.3) is 0 Å². The fourth-order valence-corrected chi connectivity index (χ4v) is 1.36. The lowest BCUT2D eigenvalue weighted by molar-refractivity contribution is 0.0403. The Labute approximate surface area is 108 Å². The summed E-state index contributed by atoms with van der Waals surface area (Å²) < 4.78 is 10.8. The molecule has 0 aliphatic carbocycles. The molecule has 0 heterocycles. The van der Waals surface area contributed by atoms with Gasteiger partial charge in [0.25, 0.3) is 0 Å². The van der Waals surface area contributed by atoms with Gasteiger partial charge in [-0.3, -0.25) is 4.99 Å². The van der Waals surface area contributed by atoms with Gasteiger partial charge >= 0.3 is 0 Å². The number of hydrogen-bond donors (Lipinski definition) is 2. The Hall–Kier alpha value is -1.59. The highest BCUT2D eigenvalue weighted by Gasteiger charge is 1.92. The van der Waals surface area contributed by atoms with E-state index in [0.717, 1.165) is 6.42 Å². The van der Waals surface area contributed by atoms with E-state index in [2.05, 4.69) is 4.99 Å². The summed E-state index contributed by atoms with van der Waals surface area (Å²) in [6.45, 7) is 3.06. The van der Waals surface area contributed by atoms with Crippen molar-refractivity contribution in [1.82, 2.24) is 0 Å². The second-order valence-electron chi connectivity index (χ2n) is 3.81. The van der Waals surface area contributed by atoms with E-state index in [1.165, 1.54) is 5.56 Å². The SMILES string of the molecule is NC(N)=NCCCOCCOCc1ccccc1. The van der Waals surface area contributed by atoms with Gasteiger partial charge in [-0.25, -0.2) is 0 Å². The molecule has 1 rings (SSSR count). The quantitative estimate of drug-likeness (QED) is 0.388. The Morgan fingerprint density at radius 2 is 1.72 bits per heavy atom. The second-order valence-corrected chi connectivity index (χ2v) is 3.81. The van der Waals surface area contributed by atoms with Gasteiger partial charge in [-0.1, -0.05) is 30.3 Å². The number of aliphatic imine (C=N–C) groups is 1. The molecule has 0 atom stereocenters. The smallest absolute Gasteiger partial charge is 0.185 e. The van der Waals surface area contributed by atoms with Gasteiger partial charge < -0.3 is 20.9 Å². The molecular weight excluding hydrogens is 230 g/mol. The van der Waals surface area contributed by atoms with E-state index < -0.39 is 0 Å². The zero-order chi connectivity index (χ0) is 13.1. The Kier molecular flexibility index (Phi) is 7.59. The largest absolute Gasteiger partial charge is 0.379 e. The Morgan fingerprint density at radius 3 is 2.44 bits per heavy atom. The van der Waals surface area contributed by atoms with Crippen molar-refractivity contribution in [2.45, 2.75) is 13.0 Å². The highest BCUT2D eigenvalue weighted by atomic mass is 16.5. The van der Waals surface area contributed by atoms with Crippen molar-refractivity contribution in [3.8, 4) is 0 Å². The summed E-state index contributed by atoms with van der Waals surface area (Å²) in [4.78, 5) is 3.86. The first-order valence-corrected chi connectivity index (χ1v) is 6.04. The van der Waals surface area contributed by atoms with Crippen LogP contribution in [0.15, 0.2) is 35.3 Å². The van der Waals surface area contributed by atoms with Crippen molar-refractivity contribution in [1.29, 1.82) is 0 Å². The van der Waals surface area contributed by atoms with E-state index in [4.69, 9.17) is 20.9 Å². The van der Waals surface area contributed by atoms with Crippen molar-refractivity contribution >= 4 is 5.96 Å². The maximum absolute atomic E-state index is 5.47. The van der Waals surface area contributed by atoms with Crippen LogP contribution < -0.4 is 11.5 Å². The Balaban J connectivity index is 1.89. The van der Waals surface area contributed by atoms with Crippen LogP contribution in [-0.4, -0.2) is 32.3 Å². The molecule has 100 valence electrons. The van der Waals surface area contributed by atoms with Crippen LogP contribution in [0.2, 0.25) is 0 Å². The summed E-state index contributed by atoms with van der Waals surface area (Å²) in [6, 6.07) is 10.1. The molecule has 0 radical (unpaired) electrons. The third-order valence-corrected chi connectivity index (χ3v) is 2.22. The van der Waals surface area contributed by atoms with Crippen LogP contribution in [0.5, 0.6) is 0 Å². The van der Waals surface area contributed by atoms with E-state index in [-0.39, 0.29) is 5.96 Å². The number of guanidine groups is 1. The summed E-state index contributed by atoms with van der Waals surface area (Å²) in [5.41, 5.74) is 11.6. The summed E-state index contributed by atoms with van der Waals surface area (Å²) >= 11 is 0. The number of rotatable bonds is 9. The molecule has 0 spiro atoms. The molecule has 0 aliphatic rings. The number of nitrogens with zero attached hydrogens (tertiary/aromatic N) is 1. The van der Waals surface area contributed by atoms with Gasteiger partial charge in [0, 0.05) is 13.2 Å². The van der Waals surface area contributed by atoms with Gasteiger partial charge in [0.15, 0.2) is 5.96 Å². The fraction of sp³-hybridized carbons (Fsp3) is 0.462. The molecule has 4 N–H and O–H groups in total. The fourth-order valence-electron chi connectivity index (χ4n) is 1.36. The number of benzene rings is 1. The first kappa shape index (κ1) is 14.5. The summed E-state index contributed by atoms with van der Waals surface area (Å²) in [5, 5.41) is 0. The normalized spacial score (nSPS) is 10.2. The molecule has 0 bridgehead atoms. The maximum Gasteiger partial charge on any atom is 0.185 e. The van der Waals surface area contributed by atoms with E-state index in [1.54, 1.807) is 0 Å². The molecule has 5 nitrogen and oxygen atoms in total. The average Bonchev–Trinajstić information content (AvgIpc) is 2.37. The van der Waals surface area contributed by atoms with Gasteiger partial charge in [-0.05, 0) is 12.0 Å². The first-order valence-electron chi connectivity index (χ1n) is 6.04. The Bertz CT molecular complexity index is 337. The van der Waals surface area contributed by atoms with E-state index in [9.17, 15) is 0 Å². The first-order chi connectivity index (χ1) is 8.79. The molecule has 0 aromatic heterocycles. The van der Waals surface area contributed by atoms with Crippen molar-refractivity contribution in [2.75, 3.05) is 26.4 Å². The predicted octanol–water partition coefficient (Wildman–Crippen LogP) is 0.883. The van der Waals surface area contributed by atoms with Gasteiger partial charge in [0.2, 0.25) is 0 Å². The molecule has 0 amide bonds.